The van der Waals surface area contributed by atoms with E-state index in [1.54, 1.807) is 12.1 Å². The molecule has 0 aliphatic heterocycles. The van der Waals surface area contributed by atoms with Gasteiger partial charge in [-0.25, -0.2) is 4.79 Å². The van der Waals surface area contributed by atoms with E-state index in [4.69, 9.17) is 9.84 Å². The van der Waals surface area contributed by atoms with E-state index in [1.165, 1.54) is 12.1 Å². The molecule has 0 aromatic heterocycles. The topological polar surface area (TPSA) is 75.6 Å². The normalized spacial score (nSPS) is 9.90. The lowest BCUT2D eigenvalue weighted by Gasteiger charge is -2.07. The molecule has 0 saturated carbocycles. The van der Waals surface area contributed by atoms with Crippen LogP contribution >= 0.6 is 0 Å². The zero-order chi connectivity index (χ0) is 15.1. The Morgan fingerprint density at radius 3 is 2.52 bits per heavy atom. The van der Waals surface area contributed by atoms with E-state index >= 15 is 0 Å². The molecule has 2 N–H and O–H groups in total. The molecule has 2 aromatic rings. The number of hydrogen-bond donors (Lipinski definition) is 2. The smallest absolute Gasteiger partial charge is 0.335 e. The van der Waals surface area contributed by atoms with E-state index in [2.05, 4.69) is 5.32 Å². The predicted molar refractivity (Wildman–Crippen MR) is 78.6 cm³/mol. The Bertz CT molecular complexity index is 625. The summed E-state index contributed by atoms with van der Waals surface area (Å²) in [6.45, 7) is 0.258. The molecule has 0 spiro atoms. The number of carbonyl (C=O) groups is 2. The molecule has 0 radical (unpaired) electrons. The maximum atomic E-state index is 11.7. The van der Waals surface area contributed by atoms with Crippen molar-refractivity contribution in [2.45, 2.75) is 6.42 Å². The second kappa shape index (κ2) is 7.09. The number of carbonyl (C=O) groups excluding carboxylic acids is 1. The molecule has 0 saturated heterocycles. The van der Waals surface area contributed by atoms with Crippen molar-refractivity contribution in [2.24, 2.45) is 0 Å². The van der Waals surface area contributed by atoms with Gasteiger partial charge in [-0.1, -0.05) is 24.3 Å². The van der Waals surface area contributed by atoms with Gasteiger partial charge in [0, 0.05) is 5.69 Å². The molecule has 1 amide bonds. The first kappa shape index (κ1) is 14.6. The zero-order valence-corrected chi connectivity index (χ0v) is 11.3. The SMILES string of the molecule is O=C(CCOc1ccccc1)Nc1cccc(C(=O)O)c1. The number of aromatic carboxylic acids is 1. The first-order chi connectivity index (χ1) is 10.1. The Morgan fingerprint density at radius 1 is 1.05 bits per heavy atom. The van der Waals surface area contributed by atoms with Crippen LogP contribution < -0.4 is 10.1 Å². The van der Waals surface area contributed by atoms with Crippen molar-refractivity contribution >= 4 is 17.6 Å². The van der Waals surface area contributed by atoms with Crippen LogP contribution in [-0.2, 0) is 4.79 Å². The van der Waals surface area contributed by atoms with Crippen LogP contribution in [0.3, 0.4) is 0 Å². The second-order valence-corrected chi connectivity index (χ2v) is 4.35. The van der Waals surface area contributed by atoms with Gasteiger partial charge >= 0.3 is 5.97 Å². The molecule has 0 atom stereocenters. The third-order valence-corrected chi connectivity index (χ3v) is 2.73. The van der Waals surface area contributed by atoms with Gasteiger partial charge < -0.3 is 15.2 Å². The van der Waals surface area contributed by atoms with Gasteiger partial charge in [0.05, 0.1) is 18.6 Å². The van der Waals surface area contributed by atoms with Gasteiger partial charge in [-0.05, 0) is 30.3 Å². The molecule has 5 nitrogen and oxygen atoms in total. The van der Waals surface area contributed by atoms with Gasteiger partial charge in [-0.3, -0.25) is 4.79 Å². The number of carboxylic acid groups (broad SMARTS) is 1. The van der Waals surface area contributed by atoms with Gasteiger partial charge in [0.2, 0.25) is 5.91 Å². The van der Waals surface area contributed by atoms with Gasteiger partial charge in [0.15, 0.2) is 0 Å². The van der Waals surface area contributed by atoms with Crippen molar-refractivity contribution in [3.8, 4) is 5.75 Å². The number of para-hydroxylation sites is 1. The summed E-state index contributed by atoms with van der Waals surface area (Å²) in [6, 6.07) is 15.3. The Morgan fingerprint density at radius 2 is 1.81 bits per heavy atom. The summed E-state index contributed by atoms with van der Waals surface area (Å²) in [5, 5.41) is 11.5. The third kappa shape index (κ3) is 4.65. The van der Waals surface area contributed by atoms with Crippen molar-refractivity contribution in [3.63, 3.8) is 0 Å². The molecule has 0 unspecified atom stereocenters. The molecular weight excluding hydrogens is 270 g/mol. The van der Waals surface area contributed by atoms with E-state index in [0.717, 1.165) is 0 Å². The van der Waals surface area contributed by atoms with Crippen LogP contribution in [0, 0.1) is 0 Å². The summed E-state index contributed by atoms with van der Waals surface area (Å²) in [5.74, 6) is -0.551. The van der Waals surface area contributed by atoms with Crippen LogP contribution in [-0.4, -0.2) is 23.6 Å². The highest BCUT2D eigenvalue weighted by atomic mass is 16.5. The van der Waals surface area contributed by atoms with Crippen LogP contribution in [0.4, 0.5) is 5.69 Å². The lowest BCUT2D eigenvalue weighted by molar-refractivity contribution is -0.116. The first-order valence-corrected chi connectivity index (χ1v) is 6.46. The monoisotopic (exact) mass is 285 g/mol. The molecule has 0 heterocycles. The van der Waals surface area contributed by atoms with E-state index in [0.29, 0.717) is 11.4 Å². The highest BCUT2D eigenvalue weighted by molar-refractivity contribution is 5.93. The minimum absolute atomic E-state index is 0.133. The van der Waals surface area contributed by atoms with Crippen LogP contribution in [0.5, 0.6) is 5.75 Å². The molecule has 0 fully saturated rings. The minimum atomic E-state index is -1.03. The quantitative estimate of drug-likeness (QED) is 0.855. The molecule has 0 aliphatic carbocycles. The molecule has 5 heteroatoms. The lowest BCUT2D eigenvalue weighted by Crippen LogP contribution is -2.15. The van der Waals surface area contributed by atoms with Gasteiger partial charge in [-0.15, -0.1) is 0 Å². The molecule has 108 valence electrons. The van der Waals surface area contributed by atoms with Crippen molar-refractivity contribution in [2.75, 3.05) is 11.9 Å². The summed E-state index contributed by atoms with van der Waals surface area (Å²) >= 11 is 0. The van der Waals surface area contributed by atoms with E-state index in [-0.39, 0.29) is 24.5 Å². The summed E-state index contributed by atoms with van der Waals surface area (Å²) in [5.41, 5.74) is 0.591. The fourth-order valence-electron chi connectivity index (χ4n) is 1.73. The van der Waals surface area contributed by atoms with E-state index in [9.17, 15) is 9.59 Å². The largest absolute Gasteiger partial charge is 0.493 e. The standard InChI is InChI=1S/C16H15NO4/c18-15(9-10-21-14-7-2-1-3-8-14)17-13-6-4-5-12(11-13)16(19)20/h1-8,11H,9-10H2,(H,17,18)(H,19,20). The average molecular weight is 285 g/mol. The summed E-state index contributed by atoms with van der Waals surface area (Å²) in [4.78, 5) is 22.6. The van der Waals surface area contributed by atoms with Gasteiger partial charge in [0.25, 0.3) is 0 Å². The number of amides is 1. The number of anilines is 1. The maximum Gasteiger partial charge on any atom is 0.335 e. The first-order valence-electron chi connectivity index (χ1n) is 6.46. The maximum absolute atomic E-state index is 11.7. The van der Waals surface area contributed by atoms with E-state index in [1.807, 2.05) is 30.3 Å². The van der Waals surface area contributed by atoms with Crippen LogP contribution in [0.1, 0.15) is 16.8 Å². The number of carboxylic acids is 1. The van der Waals surface area contributed by atoms with Crippen LogP contribution in [0.25, 0.3) is 0 Å². The van der Waals surface area contributed by atoms with Crippen molar-refractivity contribution in [1.29, 1.82) is 0 Å². The minimum Gasteiger partial charge on any atom is -0.493 e. The Kier molecular flexibility index (Phi) is 4.93. The van der Waals surface area contributed by atoms with Crippen molar-refractivity contribution in [3.05, 3.63) is 60.2 Å². The Hall–Kier alpha value is -2.82. The third-order valence-electron chi connectivity index (χ3n) is 2.73. The summed E-state index contributed by atoms with van der Waals surface area (Å²) < 4.78 is 5.42. The lowest BCUT2D eigenvalue weighted by atomic mass is 10.2. The second-order valence-electron chi connectivity index (χ2n) is 4.35. The molecule has 2 aromatic carbocycles. The molecule has 21 heavy (non-hydrogen) atoms. The number of ether oxygens (including phenoxy) is 1. The molecule has 2 rings (SSSR count). The number of rotatable bonds is 6. The fourth-order valence-corrected chi connectivity index (χ4v) is 1.73. The van der Waals surface area contributed by atoms with Gasteiger partial charge in [-0.2, -0.15) is 0 Å². The average Bonchev–Trinajstić information content (AvgIpc) is 2.48. The molecule has 0 aliphatic rings. The van der Waals surface area contributed by atoms with Crippen LogP contribution in [0.2, 0.25) is 0 Å². The highest BCUT2D eigenvalue weighted by Crippen LogP contribution is 2.12. The fraction of sp³-hybridized carbons (Fsp3) is 0.125. The van der Waals surface area contributed by atoms with Crippen molar-refractivity contribution < 1.29 is 19.4 Å². The number of hydrogen-bond acceptors (Lipinski definition) is 3. The zero-order valence-electron chi connectivity index (χ0n) is 11.3. The van der Waals surface area contributed by atoms with Gasteiger partial charge in [0.1, 0.15) is 5.75 Å². The number of benzene rings is 2. The summed E-state index contributed by atoms with van der Waals surface area (Å²) in [6.07, 6.45) is 0.187. The van der Waals surface area contributed by atoms with E-state index < -0.39 is 5.97 Å². The molecular formula is C16H15NO4. The predicted octanol–water partition coefficient (Wildman–Crippen LogP) is 2.79. The van der Waals surface area contributed by atoms with Crippen molar-refractivity contribution in [1.82, 2.24) is 0 Å². The van der Waals surface area contributed by atoms with Crippen LogP contribution in [0.15, 0.2) is 54.6 Å². The molecule has 0 bridgehead atoms. The summed E-state index contributed by atoms with van der Waals surface area (Å²) in [7, 11) is 0. The number of nitrogens with one attached hydrogen (secondary N) is 1. The Balaban J connectivity index is 1.82. The Labute approximate surface area is 122 Å². The highest BCUT2D eigenvalue weighted by Gasteiger charge is 2.06.